The molecule has 1 aliphatic heterocycles. The van der Waals surface area contributed by atoms with E-state index in [1.165, 1.54) is 19.2 Å². The SMILES string of the molecule is COc1ccc(S(=O)(=O)Nc2cccc3cc(C4=NCCS4)[nH]c23)cc1C(=O)O. The van der Waals surface area contributed by atoms with Gasteiger partial charge in [-0.05, 0) is 30.3 Å². The van der Waals surface area contributed by atoms with Crippen molar-refractivity contribution in [1.82, 2.24) is 4.98 Å². The number of nitrogens with zero attached hydrogens (tertiary/aromatic N) is 1. The normalized spacial score (nSPS) is 14.0. The van der Waals surface area contributed by atoms with Gasteiger partial charge in [0.15, 0.2) is 0 Å². The van der Waals surface area contributed by atoms with Crippen molar-refractivity contribution in [3.63, 3.8) is 0 Å². The Morgan fingerprint density at radius 2 is 2.10 bits per heavy atom. The van der Waals surface area contributed by atoms with Gasteiger partial charge in [-0.15, -0.1) is 11.8 Å². The summed E-state index contributed by atoms with van der Waals surface area (Å²) in [5.74, 6) is -0.264. The minimum Gasteiger partial charge on any atom is -0.496 e. The Balaban J connectivity index is 1.72. The third-order valence-electron chi connectivity index (χ3n) is 4.43. The molecule has 29 heavy (non-hydrogen) atoms. The zero-order chi connectivity index (χ0) is 20.6. The van der Waals surface area contributed by atoms with E-state index in [-0.39, 0.29) is 16.2 Å². The molecule has 2 aromatic carbocycles. The summed E-state index contributed by atoms with van der Waals surface area (Å²) in [5.41, 5.74) is 1.61. The topological polar surface area (TPSA) is 121 Å². The number of rotatable bonds is 6. The van der Waals surface area contributed by atoms with Gasteiger partial charge in [0.05, 0.1) is 28.9 Å². The zero-order valence-corrected chi connectivity index (χ0v) is 16.9. The molecule has 3 N–H and O–H groups in total. The van der Waals surface area contributed by atoms with Gasteiger partial charge in [-0.2, -0.15) is 0 Å². The number of carboxylic acids is 1. The van der Waals surface area contributed by atoms with E-state index in [2.05, 4.69) is 14.7 Å². The number of aromatic amines is 1. The first-order valence-electron chi connectivity index (χ1n) is 8.62. The van der Waals surface area contributed by atoms with E-state index >= 15 is 0 Å². The van der Waals surface area contributed by atoms with Crippen LogP contribution in [0.4, 0.5) is 5.69 Å². The van der Waals surface area contributed by atoms with Crippen LogP contribution in [-0.2, 0) is 10.0 Å². The van der Waals surface area contributed by atoms with E-state index in [1.54, 1.807) is 23.9 Å². The minimum atomic E-state index is -4.02. The number of carbonyl (C=O) groups is 1. The molecule has 0 saturated heterocycles. The molecule has 0 fully saturated rings. The number of aliphatic imine (C=N–C) groups is 1. The summed E-state index contributed by atoms with van der Waals surface area (Å²) in [6.45, 7) is 0.762. The third kappa shape index (κ3) is 3.68. The number of anilines is 1. The quantitative estimate of drug-likeness (QED) is 0.551. The van der Waals surface area contributed by atoms with Crippen molar-refractivity contribution >= 4 is 49.4 Å². The molecule has 0 spiro atoms. The van der Waals surface area contributed by atoms with Gasteiger partial charge in [-0.1, -0.05) is 12.1 Å². The predicted octanol–water partition coefficient (Wildman–Crippen LogP) is 3.17. The maximum absolute atomic E-state index is 12.9. The lowest BCUT2D eigenvalue weighted by Crippen LogP contribution is -2.14. The van der Waals surface area contributed by atoms with Crippen LogP contribution in [-0.4, -0.2) is 48.9 Å². The number of hydrogen-bond donors (Lipinski definition) is 3. The van der Waals surface area contributed by atoms with E-state index < -0.39 is 16.0 Å². The van der Waals surface area contributed by atoms with E-state index in [4.69, 9.17) is 4.74 Å². The largest absolute Gasteiger partial charge is 0.496 e. The Hall–Kier alpha value is -2.98. The number of thioether (sulfide) groups is 1. The number of nitrogens with one attached hydrogen (secondary N) is 2. The molecule has 0 atom stereocenters. The molecule has 10 heteroatoms. The number of sulfonamides is 1. The number of methoxy groups -OCH3 is 1. The van der Waals surface area contributed by atoms with Crippen molar-refractivity contribution in [2.24, 2.45) is 4.99 Å². The van der Waals surface area contributed by atoms with Crippen LogP contribution in [0.3, 0.4) is 0 Å². The first kappa shape index (κ1) is 19.3. The Labute approximate surface area is 171 Å². The Kier molecular flexibility index (Phi) is 4.97. The van der Waals surface area contributed by atoms with Crippen molar-refractivity contribution in [2.75, 3.05) is 24.1 Å². The highest BCUT2D eigenvalue weighted by Crippen LogP contribution is 2.30. The number of H-pyrrole nitrogens is 1. The number of fused-ring (bicyclic) bond motifs is 1. The number of carboxylic acid groups (broad SMARTS) is 1. The lowest BCUT2D eigenvalue weighted by atomic mass is 10.2. The fraction of sp³-hybridized carbons (Fsp3) is 0.158. The molecule has 0 saturated carbocycles. The number of aromatic nitrogens is 1. The summed E-state index contributed by atoms with van der Waals surface area (Å²) in [5, 5.41) is 11.1. The van der Waals surface area contributed by atoms with Crippen molar-refractivity contribution in [3.8, 4) is 5.75 Å². The van der Waals surface area contributed by atoms with E-state index in [9.17, 15) is 18.3 Å². The number of benzene rings is 2. The van der Waals surface area contributed by atoms with E-state index in [0.717, 1.165) is 34.5 Å². The Bertz CT molecular complexity index is 1250. The van der Waals surface area contributed by atoms with Gasteiger partial charge >= 0.3 is 5.97 Å². The van der Waals surface area contributed by atoms with E-state index in [1.807, 2.05) is 12.1 Å². The number of para-hydroxylation sites is 1. The zero-order valence-electron chi connectivity index (χ0n) is 15.3. The van der Waals surface area contributed by atoms with Gasteiger partial charge in [-0.25, -0.2) is 13.2 Å². The van der Waals surface area contributed by atoms with Crippen molar-refractivity contribution in [1.29, 1.82) is 0 Å². The molecule has 0 bridgehead atoms. The average molecular weight is 431 g/mol. The number of hydrogen-bond acceptors (Lipinski definition) is 6. The summed E-state index contributed by atoms with van der Waals surface area (Å²) in [6, 6.07) is 10.9. The molecule has 1 aliphatic rings. The minimum absolute atomic E-state index is 0.0856. The van der Waals surface area contributed by atoms with Gasteiger partial charge in [0.2, 0.25) is 0 Å². The lowest BCUT2D eigenvalue weighted by molar-refractivity contribution is 0.0693. The third-order valence-corrected chi connectivity index (χ3v) is 6.80. The summed E-state index contributed by atoms with van der Waals surface area (Å²) in [4.78, 5) is 18.9. The average Bonchev–Trinajstić information content (AvgIpc) is 3.37. The molecular formula is C19H17N3O5S2. The van der Waals surface area contributed by atoms with E-state index in [0.29, 0.717) is 11.2 Å². The summed E-state index contributed by atoms with van der Waals surface area (Å²) < 4.78 is 33.3. The lowest BCUT2D eigenvalue weighted by Gasteiger charge is -2.11. The highest BCUT2D eigenvalue weighted by molar-refractivity contribution is 8.14. The summed E-state index contributed by atoms with van der Waals surface area (Å²) >= 11 is 1.65. The van der Waals surface area contributed by atoms with Crippen LogP contribution in [0, 0.1) is 0 Å². The molecular weight excluding hydrogens is 414 g/mol. The second-order valence-corrected chi connectivity index (χ2v) is 9.03. The van der Waals surface area contributed by atoms with Crippen LogP contribution in [0.25, 0.3) is 10.9 Å². The molecule has 1 aromatic heterocycles. The monoisotopic (exact) mass is 431 g/mol. The number of ether oxygens (including phenoxy) is 1. The van der Waals surface area contributed by atoms with Crippen LogP contribution in [0.2, 0.25) is 0 Å². The second kappa shape index (κ2) is 7.45. The molecule has 0 aliphatic carbocycles. The van der Waals surface area contributed by atoms with Crippen molar-refractivity contribution in [2.45, 2.75) is 4.90 Å². The van der Waals surface area contributed by atoms with Crippen LogP contribution >= 0.6 is 11.8 Å². The molecule has 8 nitrogen and oxygen atoms in total. The molecule has 0 amide bonds. The van der Waals surface area contributed by atoms with Gasteiger partial charge < -0.3 is 14.8 Å². The number of aromatic carboxylic acids is 1. The molecule has 2 heterocycles. The van der Waals surface area contributed by atoms with Gasteiger partial charge in [0, 0.05) is 17.7 Å². The standard InChI is InChI=1S/C19H17N3O5S2/c1-27-16-6-5-12(10-13(16)19(23)24)29(25,26)22-14-4-2-3-11-9-15(21-17(11)14)18-20-7-8-28-18/h2-6,9-10,21-22H,7-8H2,1H3,(H,23,24). The van der Waals surface area contributed by atoms with Crippen LogP contribution in [0.5, 0.6) is 5.75 Å². The fourth-order valence-corrected chi connectivity index (χ4v) is 5.00. The molecule has 3 aromatic rings. The fourth-order valence-electron chi connectivity index (χ4n) is 3.08. The molecule has 4 rings (SSSR count). The summed E-state index contributed by atoms with van der Waals surface area (Å²) in [7, 11) is -2.70. The smallest absolute Gasteiger partial charge is 0.339 e. The van der Waals surface area contributed by atoms with Crippen LogP contribution < -0.4 is 9.46 Å². The predicted molar refractivity (Wildman–Crippen MR) is 113 cm³/mol. The highest BCUT2D eigenvalue weighted by atomic mass is 32.2. The maximum atomic E-state index is 12.9. The maximum Gasteiger partial charge on any atom is 0.339 e. The van der Waals surface area contributed by atoms with Crippen molar-refractivity contribution < 1.29 is 23.1 Å². The van der Waals surface area contributed by atoms with Crippen LogP contribution in [0.1, 0.15) is 16.1 Å². The first-order valence-corrected chi connectivity index (χ1v) is 11.1. The Morgan fingerprint density at radius 1 is 1.28 bits per heavy atom. The molecule has 0 unspecified atom stereocenters. The first-order chi connectivity index (χ1) is 13.9. The summed E-state index contributed by atoms with van der Waals surface area (Å²) in [6.07, 6.45) is 0. The Morgan fingerprint density at radius 3 is 2.79 bits per heavy atom. The molecule has 0 radical (unpaired) electrons. The molecule has 150 valence electrons. The highest BCUT2D eigenvalue weighted by Gasteiger charge is 2.21. The second-order valence-electron chi connectivity index (χ2n) is 6.26. The van der Waals surface area contributed by atoms with Gasteiger partial charge in [0.25, 0.3) is 10.0 Å². The van der Waals surface area contributed by atoms with Crippen molar-refractivity contribution in [3.05, 3.63) is 53.7 Å². The van der Waals surface area contributed by atoms with Gasteiger partial charge in [0.1, 0.15) is 16.4 Å². The van der Waals surface area contributed by atoms with Gasteiger partial charge in [-0.3, -0.25) is 9.71 Å². The van der Waals surface area contributed by atoms with Crippen LogP contribution in [0.15, 0.2) is 52.4 Å².